The van der Waals surface area contributed by atoms with E-state index < -0.39 is 0 Å². The van der Waals surface area contributed by atoms with Gasteiger partial charge in [0.25, 0.3) is 0 Å². The summed E-state index contributed by atoms with van der Waals surface area (Å²) in [7, 11) is 0. The SMILES string of the molecule is C=C(CSCCN)C(=O)OCC. The summed E-state index contributed by atoms with van der Waals surface area (Å²) >= 11 is 1.59. The van der Waals surface area contributed by atoms with E-state index in [1.165, 1.54) is 0 Å². The highest BCUT2D eigenvalue weighted by Crippen LogP contribution is 2.06. The summed E-state index contributed by atoms with van der Waals surface area (Å²) < 4.78 is 4.75. The summed E-state index contributed by atoms with van der Waals surface area (Å²) in [6.45, 7) is 6.41. The minimum atomic E-state index is -0.304. The van der Waals surface area contributed by atoms with Gasteiger partial charge in [0.2, 0.25) is 0 Å². The van der Waals surface area contributed by atoms with Crippen molar-refractivity contribution in [1.29, 1.82) is 0 Å². The quantitative estimate of drug-likeness (QED) is 0.381. The van der Waals surface area contributed by atoms with Crippen LogP contribution in [0.3, 0.4) is 0 Å². The van der Waals surface area contributed by atoms with E-state index in [0.29, 0.717) is 24.5 Å². The molecule has 0 bridgehead atoms. The van der Waals surface area contributed by atoms with Crippen LogP contribution in [0.2, 0.25) is 0 Å². The van der Waals surface area contributed by atoms with Gasteiger partial charge in [0, 0.05) is 23.6 Å². The molecule has 3 nitrogen and oxygen atoms in total. The average molecular weight is 189 g/mol. The van der Waals surface area contributed by atoms with Gasteiger partial charge >= 0.3 is 5.97 Å². The van der Waals surface area contributed by atoms with Gasteiger partial charge in [-0.2, -0.15) is 11.8 Å². The van der Waals surface area contributed by atoms with Crippen LogP contribution in [0.1, 0.15) is 6.92 Å². The van der Waals surface area contributed by atoms with Gasteiger partial charge in [0.1, 0.15) is 0 Å². The summed E-state index contributed by atoms with van der Waals surface area (Å²) in [5.74, 6) is 1.15. The highest BCUT2D eigenvalue weighted by atomic mass is 32.2. The molecule has 0 aromatic rings. The smallest absolute Gasteiger partial charge is 0.334 e. The molecular formula is C8H15NO2S. The highest BCUT2D eigenvalue weighted by molar-refractivity contribution is 7.99. The number of rotatable bonds is 6. The number of carbonyl (C=O) groups excluding carboxylic acids is 1. The molecule has 0 aliphatic heterocycles. The Bertz CT molecular complexity index is 159. The number of esters is 1. The fourth-order valence-electron chi connectivity index (χ4n) is 0.571. The molecule has 0 aliphatic rings. The first-order chi connectivity index (χ1) is 5.72. The molecule has 2 N–H and O–H groups in total. The van der Waals surface area contributed by atoms with Gasteiger partial charge < -0.3 is 10.5 Å². The monoisotopic (exact) mass is 189 g/mol. The zero-order valence-electron chi connectivity index (χ0n) is 7.34. The van der Waals surface area contributed by atoms with Crippen LogP contribution in [0.15, 0.2) is 12.2 Å². The molecule has 0 amide bonds. The van der Waals surface area contributed by atoms with Crippen molar-refractivity contribution in [3.63, 3.8) is 0 Å². The third-order valence-electron chi connectivity index (χ3n) is 1.10. The first kappa shape index (κ1) is 11.5. The molecule has 0 aromatic heterocycles. The lowest BCUT2D eigenvalue weighted by atomic mass is 10.4. The fraction of sp³-hybridized carbons (Fsp3) is 0.625. The molecule has 4 heteroatoms. The molecule has 0 fully saturated rings. The predicted octanol–water partition coefficient (Wildman–Crippen LogP) is 0.798. The van der Waals surface area contributed by atoms with Gasteiger partial charge in [-0.1, -0.05) is 6.58 Å². The summed E-state index contributed by atoms with van der Waals surface area (Å²) in [6, 6.07) is 0. The third kappa shape index (κ3) is 5.21. The lowest BCUT2D eigenvalue weighted by Gasteiger charge is -2.03. The molecule has 0 saturated heterocycles. The van der Waals surface area contributed by atoms with Gasteiger partial charge in [-0.3, -0.25) is 0 Å². The van der Waals surface area contributed by atoms with E-state index >= 15 is 0 Å². The Labute approximate surface area is 77.3 Å². The second-order valence-corrected chi connectivity index (χ2v) is 3.27. The Morgan fingerprint density at radius 2 is 2.33 bits per heavy atom. The number of thioether (sulfide) groups is 1. The maximum Gasteiger partial charge on any atom is 0.334 e. The van der Waals surface area contributed by atoms with Gasteiger partial charge in [0.05, 0.1) is 6.61 Å². The van der Waals surface area contributed by atoms with E-state index in [0.717, 1.165) is 5.75 Å². The minimum Gasteiger partial charge on any atom is -0.463 e. The molecule has 0 atom stereocenters. The van der Waals surface area contributed by atoms with Crippen molar-refractivity contribution in [1.82, 2.24) is 0 Å². The van der Waals surface area contributed by atoms with Crippen molar-refractivity contribution >= 4 is 17.7 Å². The molecule has 70 valence electrons. The molecule has 0 aromatic carbocycles. The molecule has 0 aliphatic carbocycles. The second kappa shape index (κ2) is 7.18. The van der Waals surface area contributed by atoms with Crippen LogP contribution in [-0.2, 0) is 9.53 Å². The van der Waals surface area contributed by atoms with Crippen LogP contribution in [0.25, 0.3) is 0 Å². The number of hydrogen-bond donors (Lipinski definition) is 1. The first-order valence-corrected chi connectivity index (χ1v) is 5.00. The zero-order valence-corrected chi connectivity index (χ0v) is 8.15. The number of ether oxygens (including phenoxy) is 1. The van der Waals surface area contributed by atoms with Crippen LogP contribution in [-0.4, -0.2) is 30.6 Å². The van der Waals surface area contributed by atoms with Crippen molar-refractivity contribution in [2.75, 3.05) is 24.7 Å². The van der Waals surface area contributed by atoms with Crippen molar-refractivity contribution < 1.29 is 9.53 Å². The molecule has 0 saturated carbocycles. The number of hydrogen-bond acceptors (Lipinski definition) is 4. The molecule has 0 radical (unpaired) electrons. The maximum atomic E-state index is 11.0. The maximum absolute atomic E-state index is 11.0. The highest BCUT2D eigenvalue weighted by Gasteiger charge is 2.06. The van der Waals surface area contributed by atoms with E-state index in [1.54, 1.807) is 18.7 Å². The largest absolute Gasteiger partial charge is 0.463 e. The second-order valence-electron chi connectivity index (χ2n) is 2.17. The molecule has 12 heavy (non-hydrogen) atoms. The zero-order chi connectivity index (χ0) is 9.40. The van der Waals surface area contributed by atoms with E-state index in [4.69, 9.17) is 10.5 Å². The van der Waals surface area contributed by atoms with Crippen LogP contribution < -0.4 is 5.73 Å². The lowest BCUT2D eigenvalue weighted by molar-refractivity contribution is -0.138. The topological polar surface area (TPSA) is 52.3 Å². The Morgan fingerprint density at radius 1 is 1.67 bits per heavy atom. The Balaban J connectivity index is 3.50. The Morgan fingerprint density at radius 3 is 2.83 bits per heavy atom. The van der Waals surface area contributed by atoms with E-state index in [9.17, 15) is 4.79 Å². The fourth-order valence-corrected chi connectivity index (χ4v) is 1.25. The molecule has 0 heterocycles. The standard InChI is InChI=1S/C8H15NO2S/c1-3-11-8(10)7(2)6-12-5-4-9/h2-6,9H2,1H3. The van der Waals surface area contributed by atoms with Crippen molar-refractivity contribution in [3.8, 4) is 0 Å². The van der Waals surface area contributed by atoms with Crippen LogP contribution in [0, 0.1) is 0 Å². The lowest BCUT2D eigenvalue weighted by Crippen LogP contribution is -2.09. The van der Waals surface area contributed by atoms with Gasteiger partial charge in [-0.15, -0.1) is 0 Å². The average Bonchev–Trinajstić information content (AvgIpc) is 2.05. The normalized spacial score (nSPS) is 9.50. The predicted molar refractivity (Wildman–Crippen MR) is 52.2 cm³/mol. The molecule has 0 unspecified atom stereocenters. The van der Waals surface area contributed by atoms with Crippen molar-refractivity contribution in [2.45, 2.75) is 6.92 Å². The van der Waals surface area contributed by atoms with Crippen molar-refractivity contribution in [2.24, 2.45) is 5.73 Å². The first-order valence-electron chi connectivity index (χ1n) is 3.85. The number of nitrogens with two attached hydrogens (primary N) is 1. The summed E-state index contributed by atoms with van der Waals surface area (Å²) in [6.07, 6.45) is 0. The van der Waals surface area contributed by atoms with E-state index in [2.05, 4.69) is 6.58 Å². The van der Waals surface area contributed by atoms with Gasteiger partial charge in [-0.05, 0) is 6.92 Å². The Hall–Kier alpha value is -0.480. The third-order valence-corrected chi connectivity index (χ3v) is 2.18. The summed E-state index contributed by atoms with van der Waals surface area (Å²) in [5, 5.41) is 0. The Kier molecular flexibility index (Phi) is 6.90. The molecule has 0 spiro atoms. The van der Waals surface area contributed by atoms with E-state index in [-0.39, 0.29) is 5.97 Å². The minimum absolute atomic E-state index is 0.304. The molecule has 0 rings (SSSR count). The van der Waals surface area contributed by atoms with E-state index in [1.807, 2.05) is 0 Å². The molecular weight excluding hydrogens is 174 g/mol. The summed E-state index contributed by atoms with van der Waals surface area (Å²) in [5.41, 5.74) is 5.79. The van der Waals surface area contributed by atoms with Gasteiger partial charge in [-0.25, -0.2) is 4.79 Å². The summed E-state index contributed by atoms with van der Waals surface area (Å²) in [4.78, 5) is 11.0. The van der Waals surface area contributed by atoms with Gasteiger partial charge in [0.15, 0.2) is 0 Å². The van der Waals surface area contributed by atoms with Crippen LogP contribution in [0.5, 0.6) is 0 Å². The van der Waals surface area contributed by atoms with Crippen LogP contribution >= 0.6 is 11.8 Å². The van der Waals surface area contributed by atoms with Crippen molar-refractivity contribution in [3.05, 3.63) is 12.2 Å². The van der Waals surface area contributed by atoms with Crippen LogP contribution in [0.4, 0.5) is 0 Å². The number of carbonyl (C=O) groups is 1.